The van der Waals surface area contributed by atoms with E-state index in [0.717, 1.165) is 0 Å². The van der Waals surface area contributed by atoms with Crippen LogP contribution >= 0.6 is 0 Å². The Hall–Kier alpha value is -1.99. The number of hydrogen-bond acceptors (Lipinski definition) is 6. The topological polar surface area (TPSA) is 83.4 Å². The van der Waals surface area contributed by atoms with E-state index in [4.69, 9.17) is 19.7 Å². The molecule has 19 heavy (non-hydrogen) atoms. The molecule has 0 radical (unpaired) electrons. The standard InChI is InChI=1S/C12H14FN3O3/c1-17-6-7-3-10(18-2)9(13)4-8(7)12-15-11(5-14)19-16-12/h3-4H,5-6,14H2,1-2H3. The largest absolute Gasteiger partial charge is 0.494 e. The summed E-state index contributed by atoms with van der Waals surface area (Å²) >= 11 is 0. The Morgan fingerprint density at radius 2 is 2.16 bits per heavy atom. The predicted molar refractivity (Wildman–Crippen MR) is 64.8 cm³/mol. The van der Waals surface area contributed by atoms with Crippen molar-refractivity contribution in [1.82, 2.24) is 10.1 Å². The van der Waals surface area contributed by atoms with Gasteiger partial charge in [0.1, 0.15) is 0 Å². The monoisotopic (exact) mass is 267 g/mol. The number of rotatable bonds is 5. The number of nitrogens with two attached hydrogens (primary N) is 1. The molecule has 0 atom stereocenters. The Morgan fingerprint density at radius 1 is 1.37 bits per heavy atom. The van der Waals surface area contributed by atoms with Gasteiger partial charge in [0.15, 0.2) is 11.6 Å². The molecule has 1 heterocycles. The first-order valence-corrected chi connectivity index (χ1v) is 5.58. The molecule has 0 spiro atoms. The zero-order valence-electron chi connectivity index (χ0n) is 10.6. The second-order valence-electron chi connectivity index (χ2n) is 3.79. The summed E-state index contributed by atoms with van der Waals surface area (Å²) in [6.07, 6.45) is 0. The van der Waals surface area contributed by atoms with Crippen molar-refractivity contribution in [1.29, 1.82) is 0 Å². The fraction of sp³-hybridized carbons (Fsp3) is 0.333. The Kier molecular flexibility index (Phi) is 4.08. The summed E-state index contributed by atoms with van der Waals surface area (Å²) in [6.45, 7) is 0.406. The van der Waals surface area contributed by atoms with Crippen molar-refractivity contribution >= 4 is 0 Å². The number of ether oxygens (including phenoxy) is 2. The third kappa shape index (κ3) is 2.72. The summed E-state index contributed by atoms with van der Waals surface area (Å²) in [5, 5.41) is 3.77. The molecule has 0 bridgehead atoms. The van der Waals surface area contributed by atoms with Crippen LogP contribution in [-0.4, -0.2) is 24.4 Å². The van der Waals surface area contributed by atoms with E-state index < -0.39 is 5.82 Å². The Labute approximate surface area is 109 Å². The molecule has 0 aliphatic rings. The van der Waals surface area contributed by atoms with Crippen LogP contribution in [0.25, 0.3) is 11.4 Å². The van der Waals surface area contributed by atoms with Crippen LogP contribution in [0.4, 0.5) is 4.39 Å². The van der Waals surface area contributed by atoms with Crippen LogP contribution in [0.3, 0.4) is 0 Å². The van der Waals surface area contributed by atoms with Gasteiger partial charge in [-0.05, 0) is 17.7 Å². The second-order valence-corrected chi connectivity index (χ2v) is 3.79. The van der Waals surface area contributed by atoms with Crippen LogP contribution in [0, 0.1) is 5.82 Å². The average molecular weight is 267 g/mol. The number of nitrogens with zero attached hydrogens (tertiary/aromatic N) is 2. The molecule has 0 unspecified atom stereocenters. The van der Waals surface area contributed by atoms with Gasteiger partial charge in [-0.1, -0.05) is 5.16 Å². The molecule has 0 saturated carbocycles. The van der Waals surface area contributed by atoms with E-state index in [-0.39, 0.29) is 30.6 Å². The lowest BCUT2D eigenvalue weighted by Crippen LogP contribution is -1.99. The van der Waals surface area contributed by atoms with E-state index >= 15 is 0 Å². The number of methoxy groups -OCH3 is 2. The molecule has 0 saturated heterocycles. The highest BCUT2D eigenvalue weighted by molar-refractivity contribution is 5.61. The maximum absolute atomic E-state index is 13.8. The van der Waals surface area contributed by atoms with E-state index in [9.17, 15) is 4.39 Å². The molecule has 0 aliphatic heterocycles. The summed E-state index contributed by atoms with van der Waals surface area (Å²) in [5.41, 5.74) is 6.59. The van der Waals surface area contributed by atoms with E-state index in [2.05, 4.69) is 10.1 Å². The maximum Gasteiger partial charge on any atom is 0.240 e. The molecule has 0 aliphatic carbocycles. The van der Waals surface area contributed by atoms with Crippen LogP contribution < -0.4 is 10.5 Å². The normalized spacial score (nSPS) is 10.7. The van der Waals surface area contributed by atoms with Gasteiger partial charge in [-0.15, -0.1) is 0 Å². The molecule has 0 fully saturated rings. The van der Waals surface area contributed by atoms with Crippen molar-refractivity contribution in [2.45, 2.75) is 13.2 Å². The van der Waals surface area contributed by atoms with Crippen molar-refractivity contribution in [3.63, 3.8) is 0 Å². The van der Waals surface area contributed by atoms with Gasteiger partial charge < -0.3 is 19.7 Å². The SMILES string of the molecule is COCc1cc(OC)c(F)cc1-c1noc(CN)n1. The van der Waals surface area contributed by atoms with Gasteiger partial charge in [0, 0.05) is 12.7 Å². The third-order valence-corrected chi connectivity index (χ3v) is 2.56. The van der Waals surface area contributed by atoms with Crippen LogP contribution in [0.5, 0.6) is 5.75 Å². The lowest BCUT2D eigenvalue weighted by molar-refractivity contribution is 0.185. The van der Waals surface area contributed by atoms with Crippen LogP contribution in [0.15, 0.2) is 16.7 Å². The van der Waals surface area contributed by atoms with Gasteiger partial charge in [0.25, 0.3) is 0 Å². The molecule has 7 heteroatoms. The lowest BCUT2D eigenvalue weighted by atomic mass is 10.1. The zero-order chi connectivity index (χ0) is 13.8. The second kappa shape index (κ2) is 5.77. The fourth-order valence-corrected chi connectivity index (χ4v) is 1.68. The summed E-state index contributed by atoms with van der Waals surface area (Å²) in [5.74, 6) is 0.193. The van der Waals surface area contributed by atoms with Crippen molar-refractivity contribution in [2.24, 2.45) is 5.73 Å². The van der Waals surface area contributed by atoms with Gasteiger partial charge >= 0.3 is 0 Å². The Morgan fingerprint density at radius 3 is 2.74 bits per heavy atom. The van der Waals surface area contributed by atoms with Gasteiger partial charge in [-0.3, -0.25) is 0 Å². The van der Waals surface area contributed by atoms with Crippen molar-refractivity contribution in [3.05, 3.63) is 29.4 Å². The van der Waals surface area contributed by atoms with Crippen LogP contribution in [-0.2, 0) is 17.9 Å². The molecule has 0 amide bonds. The van der Waals surface area contributed by atoms with Crippen molar-refractivity contribution < 1.29 is 18.4 Å². The summed E-state index contributed by atoms with van der Waals surface area (Å²) in [7, 11) is 2.94. The van der Waals surface area contributed by atoms with E-state index in [1.165, 1.54) is 13.2 Å². The number of benzene rings is 1. The summed E-state index contributed by atoms with van der Waals surface area (Å²) < 4.78 is 28.7. The highest BCUT2D eigenvalue weighted by atomic mass is 19.1. The summed E-state index contributed by atoms with van der Waals surface area (Å²) in [4.78, 5) is 4.07. The Balaban J connectivity index is 2.50. The van der Waals surface area contributed by atoms with Crippen molar-refractivity contribution in [2.75, 3.05) is 14.2 Å². The molecule has 2 N–H and O–H groups in total. The van der Waals surface area contributed by atoms with Gasteiger partial charge in [0.2, 0.25) is 11.7 Å². The fourth-order valence-electron chi connectivity index (χ4n) is 1.68. The third-order valence-electron chi connectivity index (χ3n) is 2.56. The molecular formula is C12H14FN3O3. The quantitative estimate of drug-likeness (QED) is 0.883. The predicted octanol–water partition coefficient (Wildman–Crippen LogP) is 1.49. The molecule has 1 aromatic carbocycles. The minimum Gasteiger partial charge on any atom is -0.494 e. The van der Waals surface area contributed by atoms with Crippen LogP contribution in [0.1, 0.15) is 11.5 Å². The van der Waals surface area contributed by atoms with Gasteiger partial charge in [-0.2, -0.15) is 4.98 Å². The lowest BCUT2D eigenvalue weighted by Gasteiger charge is -2.09. The molecule has 102 valence electrons. The van der Waals surface area contributed by atoms with Gasteiger partial charge in [0.05, 0.1) is 20.3 Å². The molecule has 6 nitrogen and oxygen atoms in total. The van der Waals surface area contributed by atoms with Crippen molar-refractivity contribution in [3.8, 4) is 17.1 Å². The van der Waals surface area contributed by atoms with E-state index in [1.807, 2.05) is 0 Å². The molecule has 2 aromatic rings. The highest BCUT2D eigenvalue weighted by Gasteiger charge is 2.16. The number of halogens is 1. The van der Waals surface area contributed by atoms with E-state index in [1.54, 1.807) is 13.2 Å². The smallest absolute Gasteiger partial charge is 0.240 e. The van der Waals surface area contributed by atoms with Gasteiger partial charge in [-0.25, -0.2) is 4.39 Å². The molecule has 2 rings (SSSR count). The average Bonchev–Trinajstić information content (AvgIpc) is 2.89. The summed E-state index contributed by atoms with van der Waals surface area (Å²) in [6, 6.07) is 2.84. The first-order chi connectivity index (χ1) is 9.19. The minimum atomic E-state index is -0.503. The zero-order valence-corrected chi connectivity index (χ0v) is 10.6. The highest BCUT2D eigenvalue weighted by Crippen LogP contribution is 2.29. The molecule has 1 aromatic heterocycles. The Bertz CT molecular complexity index is 571. The number of aromatic nitrogens is 2. The van der Waals surface area contributed by atoms with E-state index in [0.29, 0.717) is 11.1 Å². The number of hydrogen-bond donors (Lipinski definition) is 1. The first-order valence-electron chi connectivity index (χ1n) is 5.58. The maximum atomic E-state index is 13.8. The minimum absolute atomic E-state index is 0.130. The first kappa shape index (κ1) is 13.4. The molecular weight excluding hydrogens is 253 g/mol. The van der Waals surface area contributed by atoms with Crippen LogP contribution in [0.2, 0.25) is 0 Å².